The summed E-state index contributed by atoms with van der Waals surface area (Å²) in [6.07, 6.45) is 2.42. The lowest BCUT2D eigenvalue weighted by atomic mass is 9.99. The van der Waals surface area contributed by atoms with E-state index in [0.717, 1.165) is 11.5 Å². The average molecular weight is 175 g/mol. The molecule has 0 heterocycles. The molecule has 1 aliphatic carbocycles. The molecule has 0 aromatic heterocycles. The Bertz CT molecular complexity index is 127. The quantitative estimate of drug-likeness (QED) is 0.651. The highest BCUT2D eigenvalue weighted by Gasteiger charge is 2.41. The largest absolute Gasteiger partial charge is 0.394 e. The van der Waals surface area contributed by atoms with Crippen molar-refractivity contribution in [1.29, 1.82) is 0 Å². The lowest BCUT2D eigenvalue weighted by molar-refractivity contribution is 0.194. The molecular formula is C8H17NOS. The summed E-state index contributed by atoms with van der Waals surface area (Å²) in [5.41, 5.74) is 5.74. The zero-order chi connectivity index (χ0) is 8.32. The second kappa shape index (κ2) is 3.78. The van der Waals surface area contributed by atoms with Crippen molar-refractivity contribution in [2.75, 3.05) is 18.1 Å². The van der Waals surface area contributed by atoms with Gasteiger partial charge in [0.05, 0.1) is 12.1 Å². The van der Waals surface area contributed by atoms with Crippen molar-refractivity contribution in [3.05, 3.63) is 0 Å². The normalized spacial score (nSPS) is 23.2. The monoisotopic (exact) mass is 175 g/mol. The maximum Gasteiger partial charge on any atom is 0.0622 e. The van der Waals surface area contributed by atoms with Crippen molar-refractivity contribution in [3.63, 3.8) is 0 Å². The van der Waals surface area contributed by atoms with E-state index < -0.39 is 0 Å². The molecule has 0 saturated heterocycles. The zero-order valence-corrected chi connectivity index (χ0v) is 7.86. The minimum atomic E-state index is -0.277. The van der Waals surface area contributed by atoms with Crippen LogP contribution >= 0.6 is 11.8 Å². The van der Waals surface area contributed by atoms with E-state index in [2.05, 4.69) is 6.92 Å². The molecule has 1 fully saturated rings. The van der Waals surface area contributed by atoms with E-state index in [4.69, 9.17) is 10.8 Å². The Morgan fingerprint density at radius 2 is 2.27 bits per heavy atom. The van der Waals surface area contributed by atoms with E-state index in [-0.39, 0.29) is 12.1 Å². The number of aliphatic hydroxyl groups excluding tert-OH is 1. The Labute approximate surface area is 72.5 Å². The van der Waals surface area contributed by atoms with Crippen molar-refractivity contribution >= 4 is 11.8 Å². The van der Waals surface area contributed by atoms with Gasteiger partial charge in [-0.25, -0.2) is 0 Å². The molecule has 0 spiro atoms. The van der Waals surface area contributed by atoms with Gasteiger partial charge in [0, 0.05) is 5.75 Å². The van der Waals surface area contributed by atoms with Crippen molar-refractivity contribution in [2.24, 2.45) is 11.7 Å². The maximum atomic E-state index is 9.08. The van der Waals surface area contributed by atoms with Gasteiger partial charge in [0.2, 0.25) is 0 Å². The number of rotatable bonds is 5. The number of aliphatic hydroxyl groups is 1. The summed E-state index contributed by atoms with van der Waals surface area (Å²) in [6.45, 7) is 2.26. The van der Waals surface area contributed by atoms with Gasteiger partial charge in [-0.3, -0.25) is 0 Å². The fourth-order valence-electron chi connectivity index (χ4n) is 1.24. The standard InChI is InChI=1S/C8H17NOS/c1-2-11-6-8(9,5-10)7-3-4-7/h7,10H,2-6,9H2,1H3. The zero-order valence-electron chi connectivity index (χ0n) is 7.05. The third-order valence-electron chi connectivity index (χ3n) is 2.26. The maximum absolute atomic E-state index is 9.08. The Hall–Kier alpha value is 0.270. The molecule has 1 saturated carbocycles. The van der Waals surface area contributed by atoms with E-state index in [9.17, 15) is 0 Å². The summed E-state index contributed by atoms with van der Waals surface area (Å²) < 4.78 is 0. The van der Waals surface area contributed by atoms with Crippen LogP contribution in [0.4, 0.5) is 0 Å². The molecule has 3 N–H and O–H groups in total. The fourth-order valence-corrected chi connectivity index (χ4v) is 2.15. The highest BCUT2D eigenvalue weighted by molar-refractivity contribution is 7.99. The average Bonchev–Trinajstić information content (AvgIpc) is 2.82. The third-order valence-corrected chi connectivity index (χ3v) is 3.41. The van der Waals surface area contributed by atoms with Gasteiger partial charge >= 0.3 is 0 Å². The Balaban J connectivity index is 2.31. The number of hydrogen-bond acceptors (Lipinski definition) is 3. The van der Waals surface area contributed by atoms with Crippen molar-refractivity contribution in [2.45, 2.75) is 25.3 Å². The van der Waals surface area contributed by atoms with Crippen LogP contribution in [0, 0.1) is 5.92 Å². The van der Waals surface area contributed by atoms with Crippen LogP contribution in [0.1, 0.15) is 19.8 Å². The van der Waals surface area contributed by atoms with Gasteiger partial charge < -0.3 is 10.8 Å². The number of thioether (sulfide) groups is 1. The van der Waals surface area contributed by atoms with Crippen LogP contribution in [-0.2, 0) is 0 Å². The summed E-state index contributed by atoms with van der Waals surface area (Å²) in [7, 11) is 0. The summed E-state index contributed by atoms with van der Waals surface area (Å²) in [5.74, 6) is 2.59. The highest BCUT2D eigenvalue weighted by atomic mass is 32.2. The molecule has 3 heteroatoms. The topological polar surface area (TPSA) is 46.2 Å². The molecule has 1 aliphatic rings. The van der Waals surface area contributed by atoms with Crippen molar-refractivity contribution in [1.82, 2.24) is 0 Å². The van der Waals surface area contributed by atoms with Crippen LogP contribution < -0.4 is 5.73 Å². The Morgan fingerprint density at radius 3 is 2.64 bits per heavy atom. The van der Waals surface area contributed by atoms with Gasteiger partial charge in [0.15, 0.2) is 0 Å². The molecule has 0 aromatic rings. The molecule has 1 atom stereocenters. The minimum Gasteiger partial charge on any atom is -0.394 e. The van der Waals surface area contributed by atoms with Crippen LogP contribution in [0.5, 0.6) is 0 Å². The summed E-state index contributed by atoms with van der Waals surface area (Å²) in [4.78, 5) is 0. The lowest BCUT2D eigenvalue weighted by Gasteiger charge is -2.26. The predicted molar refractivity (Wildman–Crippen MR) is 49.7 cm³/mol. The van der Waals surface area contributed by atoms with Gasteiger partial charge in [-0.1, -0.05) is 6.92 Å². The SMILES string of the molecule is CCSCC(N)(CO)C1CC1. The van der Waals surface area contributed by atoms with Crippen molar-refractivity contribution < 1.29 is 5.11 Å². The van der Waals surface area contributed by atoms with Gasteiger partial charge in [-0.05, 0) is 24.5 Å². The molecular weight excluding hydrogens is 158 g/mol. The van der Waals surface area contributed by atoms with Crippen LogP contribution in [0.3, 0.4) is 0 Å². The van der Waals surface area contributed by atoms with Crippen molar-refractivity contribution in [3.8, 4) is 0 Å². The lowest BCUT2D eigenvalue weighted by Crippen LogP contribution is -2.48. The molecule has 0 bridgehead atoms. The first-order valence-corrected chi connectivity index (χ1v) is 5.36. The summed E-state index contributed by atoms with van der Waals surface area (Å²) >= 11 is 1.82. The Kier molecular flexibility index (Phi) is 3.22. The molecule has 1 unspecified atom stereocenters. The second-order valence-electron chi connectivity index (χ2n) is 3.30. The minimum absolute atomic E-state index is 0.144. The first-order chi connectivity index (χ1) is 5.23. The summed E-state index contributed by atoms with van der Waals surface area (Å²) in [5, 5.41) is 9.08. The van der Waals surface area contributed by atoms with Gasteiger partial charge in [0.1, 0.15) is 0 Å². The molecule has 1 rings (SSSR count). The van der Waals surface area contributed by atoms with Crippen LogP contribution in [0.15, 0.2) is 0 Å². The van der Waals surface area contributed by atoms with Crippen LogP contribution in [-0.4, -0.2) is 28.8 Å². The molecule has 0 aromatic carbocycles. The molecule has 0 radical (unpaired) electrons. The van der Waals surface area contributed by atoms with Gasteiger partial charge in [-0.15, -0.1) is 0 Å². The molecule has 0 amide bonds. The number of hydrogen-bond donors (Lipinski definition) is 2. The van der Waals surface area contributed by atoms with E-state index in [0.29, 0.717) is 5.92 Å². The van der Waals surface area contributed by atoms with E-state index in [1.807, 2.05) is 11.8 Å². The predicted octanol–water partition coefficient (Wildman–Crippen LogP) is 0.839. The van der Waals surface area contributed by atoms with E-state index >= 15 is 0 Å². The molecule has 11 heavy (non-hydrogen) atoms. The van der Waals surface area contributed by atoms with Crippen LogP contribution in [0.2, 0.25) is 0 Å². The first-order valence-electron chi connectivity index (χ1n) is 4.20. The second-order valence-corrected chi connectivity index (χ2v) is 4.58. The molecule has 2 nitrogen and oxygen atoms in total. The number of nitrogens with two attached hydrogens (primary N) is 1. The molecule has 0 aliphatic heterocycles. The highest BCUT2D eigenvalue weighted by Crippen LogP contribution is 2.39. The molecule has 66 valence electrons. The smallest absolute Gasteiger partial charge is 0.0622 e. The van der Waals surface area contributed by atoms with Gasteiger partial charge in [-0.2, -0.15) is 11.8 Å². The van der Waals surface area contributed by atoms with Gasteiger partial charge in [0.25, 0.3) is 0 Å². The fraction of sp³-hybridized carbons (Fsp3) is 1.00. The van der Waals surface area contributed by atoms with E-state index in [1.54, 1.807) is 0 Å². The Morgan fingerprint density at radius 1 is 1.64 bits per heavy atom. The third kappa shape index (κ3) is 2.36. The van der Waals surface area contributed by atoms with E-state index in [1.165, 1.54) is 12.8 Å². The van der Waals surface area contributed by atoms with Crippen LogP contribution in [0.25, 0.3) is 0 Å². The summed E-state index contributed by atoms with van der Waals surface area (Å²) in [6, 6.07) is 0. The first kappa shape index (κ1) is 9.36.